The molecular formula is C17H18N2O2. The van der Waals surface area contributed by atoms with Crippen molar-refractivity contribution in [2.45, 2.75) is 6.92 Å². The molecule has 2 aromatic rings. The van der Waals surface area contributed by atoms with Gasteiger partial charge in [-0.05, 0) is 54.5 Å². The Morgan fingerprint density at radius 1 is 1.19 bits per heavy atom. The van der Waals surface area contributed by atoms with E-state index in [1.807, 2.05) is 37.3 Å². The number of anilines is 2. The number of amides is 1. The molecule has 0 saturated carbocycles. The van der Waals surface area contributed by atoms with Crippen molar-refractivity contribution < 1.29 is 9.53 Å². The van der Waals surface area contributed by atoms with Gasteiger partial charge in [-0.25, -0.2) is 0 Å². The Balaban J connectivity index is 2.01. The summed E-state index contributed by atoms with van der Waals surface area (Å²) in [6, 6.07) is 12.8. The number of rotatable bonds is 4. The molecule has 1 amide bonds. The van der Waals surface area contributed by atoms with Crippen molar-refractivity contribution in [2.75, 3.05) is 18.2 Å². The average Bonchev–Trinajstić information content (AvgIpc) is 2.48. The third-order valence-electron chi connectivity index (χ3n) is 3.05. The molecular weight excluding hydrogens is 264 g/mol. The van der Waals surface area contributed by atoms with Gasteiger partial charge in [0.25, 0.3) is 0 Å². The molecule has 0 atom stereocenters. The van der Waals surface area contributed by atoms with Gasteiger partial charge < -0.3 is 15.8 Å². The van der Waals surface area contributed by atoms with Crippen molar-refractivity contribution >= 4 is 23.4 Å². The fraction of sp³-hybridized carbons (Fsp3) is 0.118. The van der Waals surface area contributed by atoms with Gasteiger partial charge in [0.15, 0.2) is 0 Å². The van der Waals surface area contributed by atoms with Gasteiger partial charge in [-0.2, -0.15) is 0 Å². The van der Waals surface area contributed by atoms with E-state index in [0.29, 0.717) is 5.69 Å². The molecule has 0 spiro atoms. The summed E-state index contributed by atoms with van der Waals surface area (Å²) in [5, 5.41) is 2.82. The molecule has 0 aliphatic carbocycles. The lowest BCUT2D eigenvalue weighted by Gasteiger charge is -2.06. The van der Waals surface area contributed by atoms with E-state index in [4.69, 9.17) is 10.5 Å². The summed E-state index contributed by atoms with van der Waals surface area (Å²) < 4.78 is 5.08. The van der Waals surface area contributed by atoms with Crippen molar-refractivity contribution in [1.29, 1.82) is 0 Å². The molecule has 3 N–H and O–H groups in total. The van der Waals surface area contributed by atoms with E-state index in [9.17, 15) is 4.79 Å². The molecule has 0 bridgehead atoms. The summed E-state index contributed by atoms with van der Waals surface area (Å²) in [5.74, 6) is 0.604. The van der Waals surface area contributed by atoms with Crippen molar-refractivity contribution in [1.82, 2.24) is 0 Å². The zero-order valence-electron chi connectivity index (χ0n) is 12.1. The SMILES string of the molecule is COc1ccc(/C=C/C(=O)Nc2ccc(N)cc2C)cc1. The topological polar surface area (TPSA) is 64.3 Å². The van der Waals surface area contributed by atoms with Crippen LogP contribution in [0.3, 0.4) is 0 Å². The van der Waals surface area contributed by atoms with E-state index < -0.39 is 0 Å². The number of methoxy groups -OCH3 is 1. The Labute approximate surface area is 124 Å². The van der Waals surface area contributed by atoms with E-state index in [1.165, 1.54) is 6.08 Å². The summed E-state index contributed by atoms with van der Waals surface area (Å²) in [4.78, 5) is 11.9. The van der Waals surface area contributed by atoms with Gasteiger partial charge in [0.1, 0.15) is 5.75 Å². The quantitative estimate of drug-likeness (QED) is 0.668. The van der Waals surface area contributed by atoms with Crippen LogP contribution in [0, 0.1) is 6.92 Å². The molecule has 0 aliphatic heterocycles. The van der Waals surface area contributed by atoms with Gasteiger partial charge in [0, 0.05) is 17.5 Å². The third-order valence-corrected chi connectivity index (χ3v) is 3.05. The van der Waals surface area contributed by atoms with Gasteiger partial charge in [-0.1, -0.05) is 12.1 Å². The largest absolute Gasteiger partial charge is 0.497 e. The molecule has 0 radical (unpaired) electrons. The maximum Gasteiger partial charge on any atom is 0.248 e. The van der Waals surface area contributed by atoms with Crippen molar-refractivity contribution in [2.24, 2.45) is 0 Å². The highest BCUT2D eigenvalue weighted by Crippen LogP contribution is 2.18. The number of nitrogen functional groups attached to an aromatic ring is 1. The molecule has 0 fully saturated rings. The van der Waals surface area contributed by atoms with Gasteiger partial charge in [-0.3, -0.25) is 4.79 Å². The van der Waals surface area contributed by atoms with Crippen LogP contribution in [0.25, 0.3) is 6.08 Å². The summed E-state index contributed by atoms with van der Waals surface area (Å²) in [6.07, 6.45) is 3.25. The second kappa shape index (κ2) is 6.61. The van der Waals surface area contributed by atoms with E-state index in [2.05, 4.69) is 5.32 Å². The van der Waals surface area contributed by atoms with E-state index in [0.717, 1.165) is 22.6 Å². The Kier molecular flexibility index (Phi) is 4.61. The van der Waals surface area contributed by atoms with Crippen LogP contribution < -0.4 is 15.8 Å². The zero-order chi connectivity index (χ0) is 15.2. The highest BCUT2D eigenvalue weighted by molar-refractivity contribution is 6.02. The van der Waals surface area contributed by atoms with E-state index in [1.54, 1.807) is 25.3 Å². The number of carbonyl (C=O) groups excluding carboxylic acids is 1. The van der Waals surface area contributed by atoms with Crippen LogP contribution >= 0.6 is 0 Å². The monoisotopic (exact) mass is 282 g/mol. The van der Waals surface area contributed by atoms with Crippen molar-refractivity contribution in [3.63, 3.8) is 0 Å². The summed E-state index contributed by atoms with van der Waals surface area (Å²) >= 11 is 0. The highest BCUT2D eigenvalue weighted by Gasteiger charge is 2.01. The first kappa shape index (κ1) is 14.7. The maximum absolute atomic E-state index is 11.9. The maximum atomic E-state index is 11.9. The number of hydrogen-bond acceptors (Lipinski definition) is 3. The second-order valence-electron chi connectivity index (χ2n) is 4.67. The smallest absolute Gasteiger partial charge is 0.248 e. The minimum Gasteiger partial charge on any atom is -0.497 e. The number of carbonyl (C=O) groups is 1. The lowest BCUT2D eigenvalue weighted by molar-refractivity contribution is -0.111. The first-order valence-electron chi connectivity index (χ1n) is 6.58. The minimum atomic E-state index is -0.182. The number of benzene rings is 2. The number of hydrogen-bond donors (Lipinski definition) is 2. The van der Waals surface area contributed by atoms with Crippen LogP contribution in [-0.4, -0.2) is 13.0 Å². The molecule has 2 aromatic carbocycles. The molecule has 4 nitrogen and oxygen atoms in total. The first-order valence-corrected chi connectivity index (χ1v) is 6.58. The van der Waals surface area contributed by atoms with Crippen molar-refractivity contribution in [3.8, 4) is 5.75 Å². The van der Waals surface area contributed by atoms with Crippen LogP contribution in [0.1, 0.15) is 11.1 Å². The fourth-order valence-corrected chi connectivity index (χ4v) is 1.89. The number of nitrogens with one attached hydrogen (secondary N) is 1. The zero-order valence-corrected chi connectivity index (χ0v) is 12.1. The summed E-state index contributed by atoms with van der Waals surface area (Å²) in [6.45, 7) is 1.90. The molecule has 0 aromatic heterocycles. The molecule has 0 unspecified atom stereocenters. The van der Waals surface area contributed by atoms with Crippen LogP contribution in [0.15, 0.2) is 48.5 Å². The Hall–Kier alpha value is -2.75. The number of aryl methyl sites for hydroxylation is 1. The molecule has 0 heterocycles. The standard InChI is InChI=1S/C17H18N2O2/c1-12-11-14(18)6-9-16(12)19-17(20)10-5-13-3-7-15(21-2)8-4-13/h3-11H,18H2,1-2H3,(H,19,20)/b10-5+. The molecule has 4 heteroatoms. The summed E-state index contributed by atoms with van der Waals surface area (Å²) in [7, 11) is 1.62. The predicted octanol–water partition coefficient (Wildman–Crippen LogP) is 3.24. The molecule has 108 valence electrons. The minimum absolute atomic E-state index is 0.182. The second-order valence-corrected chi connectivity index (χ2v) is 4.67. The fourth-order valence-electron chi connectivity index (χ4n) is 1.89. The summed E-state index contributed by atoms with van der Waals surface area (Å²) in [5.41, 5.74) is 8.98. The molecule has 0 saturated heterocycles. The van der Waals surface area contributed by atoms with Gasteiger partial charge >= 0.3 is 0 Å². The number of nitrogens with two attached hydrogens (primary N) is 1. The predicted molar refractivity (Wildman–Crippen MR) is 86.2 cm³/mol. The average molecular weight is 282 g/mol. The van der Waals surface area contributed by atoms with Gasteiger partial charge in [0.05, 0.1) is 7.11 Å². The van der Waals surface area contributed by atoms with Crippen LogP contribution in [0.4, 0.5) is 11.4 Å². The first-order chi connectivity index (χ1) is 10.1. The Morgan fingerprint density at radius 2 is 1.90 bits per heavy atom. The Bertz CT molecular complexity index is 661. The lowest BCUT2D eigenvalue weighted by Crippen LogP contribution is -2.09. The van der Waals surface area contributed by atoms with Crippen molar-refractivity contribution in [3.05, 3.63) is 59.7 Å². The van der Waals surface area contributed by atoms with Crippen LogP contribution in [0.5, 0.6) is 5.75 Å². The van der Waals surface area contributed by atoms with Gasteiger partial charge in [-0.15, -0.1) is 0 Å². The van der Waals surface area contributed by atoms with Crippen LogP contribution in [0.2, 0.25) is 0 Å². The van der Waals surface area contributed by atoms with Crippen LogP contribution in [-0.2, 0) is 4.79 Å². The van der Waals surface area contributed by atoms with Gasteiger partial charge in [0.2, 0.25) is 5.91 Å². The number of ether oxygens (including phenoxy) is 1. The highest BCUT2D eigenvalue weighted by atomic mass is 16.5. The molecule has 2 rings (SSSR count). The lowest BCUT2D eigenvalue weighted by atomic mass is 10.1. The Morgan fingerprint density at radius 3 is 2.52 bits per heavy atom. The third kappa shape index (κ3) is 4.11. The van der Waals surface area contributed by atoms with E-state index >= 15 is 0 Å². The normalized spacial score (nSPS) is 10.6. The van der Waals surface area contributed by atoms with E-state index in [-0.39, 0.29) is 5.91 Å². The molecule has 21 heavy (non-hydrogen) atoms. The molecule has 0 aliphatic rings.